The number of epoxide rings is 1. The third-order valence-electron chi connectivity index (χ3n) is 4.15. The van der Waals surface area contributed by atoms with Crippen molar-refractivity contribution in [3.8, 4) is 0 Å². The van der Waals surface area contributed by atoms with Gasteiger partial charge in [0.1, 0.15) is 12.3 Å². The van der Waals surface area contributed by atoms with Gasteiger partial charge in [0.15, 0.2) is 0 Å². The topological polar surface area (TPSA) is 19.0 Å². The lowest BCUT2D eigenvalue weighted by atomic mass is 9.82. The van der Waals surface area contributed by atoms with Gasteiger partial charge in [0.2, 0.25) is 0 Å². The average Bonchev–Trinajstić information content (AvgIpc) is 2.96. The van der Waals surface area contributed by atoms with E-state index in [0.29, 0.717) is 12.3 Å². The fourth-order valence-corrected chi connectivity index (χ4v) is 3.39. The third kappa shape index (κ3) is 1.30. The SMILES string of the molecule is CN1CN(C)[C@H]2CCCC[C@H]2[C@H]2OC21. The number of rotatable bonds is 0. The van der Waals surface area contributed by atoms with Crippen molar-refractivity contribution >= 4 is 0 Å². The van der Waals surface area contributed by atoms with Crippen molar-refractivity contribution in [3.05, 3.63) is 0 Å². The number of nitrogens with zero attached hydrogens (tertiary/aromatic N) is 2. The van der Waals surface area contributed by atoms with E-state index in [-0.39, 0.29) is 0 Å². The van der Waals surface area contributed by atoms with Crippen LogP contribution in [-0.4, -0.2) is 48.9 Å². The van der Waals surface area contributed by atoms with E-state index in [4.69, 9.17) is 4.74 Å². The summed E-state index contributed by atoms with van der Waals surface area (Å²) in [6, 6.07) is 0.781. The van der Waals surface area contributed by atoms with Crippen molar-refractivity contribution in [1.29, 1.82) is 0 Å². The first kappa shape index (κ1) is 9.13. The molecule has 80 valence electrons. The van der Waals surface area contributed by atoms with Crippen LogP contribution in [0.3, 0.4) is 0 Å². The Morgan fingerprint density at radius 2 is 1.86 bits per heavy atom. The normalized spacial score (nSPS) is 49.3. The van der Waals surface area contributed by atoms with Crippen molar-refractivity contribution in [1.82, 2.24) is 9.80 Å². The Morgan fingerprint density at radius 3 is 2.71 bits per heavy atom. The minimum Gasteiger partial charge on any atom is -0.353 e. The Bertz CT molecular complexity index is 223. The van der Waals surface area contributed by atoms with E-state index in [2.05, 4.69) is 23.9 Å². The van der Waals surface area contributed by atoms with Crippen LogP contribution in [0, 0.1) is 5.92 Å². The largest absolute Gasteiger partial charge is 0.353 e. The van der Waals surface area contributed by atoms with Gasteiger partial charge in [-0.25, -0.2) is 0 Å². The van der Waals surface area contributed by atoms with E-state index in [0.717, 1.165) is 18.6 Å². The molecule has 3 nitrogen and oxygen atoms in total. The third-order valence-corrected chi connectivity index (χ3v) is 4.15. The lowest BCUT2D eigenvalue weighted by molar-refractivity contribution is 0.0512. The summed E-state index contributed by atoms with van der Waals surface area (Å²) in [4.78, 5) is 4.88. The number of ether oxygens (including phenoxy) is 1. The van der Waals surface area contributed by atoms with Gasteiger partial charge in [0.05, 0.1) is 6.67 Å². The van der Waals surface area contributed by atoms with E-state index in [1.807, 2.05) is 0 Å². The quantitative estimate of drug-likeness (QED) is 0.541. The van der Waals surface area contributed by atoms with E-state index >= 15 is 0 Å². The Labute approximate surface area is 86.0 Å². The number of hydrogen-bond donors (Lipinski definition) is 0. The second-order valence-electron chi connectivity index (χ2n) is 5.16. The van der Waals surface area contributed by atoms with Crippen LogP contribution in [0.5, 0.6) is 0 Å². The molecule has 3 aliphatic rings. The molecule has 4 atom stereocenters. The average molecular weight is 196 g/mol. The molecule has 0 aromatic heterocycles. The van der Waals surface area contributed by atoms with Crippen molar-refractivity contribution in [2.24, 2.45) is 5.92 Å². The van der Waals surface area contributed by atoms with Crippen LogP contribution >= 0.6 is 0 Å². The van der Waals surface area contributed by atoms with Crippen LogP contribution in [0.25, 0.3) is 0 Å². The maximum absolute atomic E-state index is 5.79. The molecule has 2 heterocycles. The van der Waals surface area contributed by atoms with Gasteiger partial charge in [0, 0.05) is 12.0 Å². The van der Waals surface area contributed by atoms with E-state index in [1.165, 1.54) is 25.7 Å². The highest BCUT2D eigenvalue weighted by atomic mass is 16.6. The van der Waals surface area contributed by atoms with Crippen molar-refractivity contribution in [2.45, 2.75) is 44.1 Å². The Balaban J connectivity index is 1.82. The van der Waals surface area contributed by atoms with Crippen molar-refractivity contribution in [3.63, 3.8) is 0 Å². The molecule has 0 N–H and O–H groups in total. The standard InChI is InChI=1S/C11H20N2O/c1-12-7-13(2)11-10(14-11)8-5-3-4-6-9(8)12/h8-11H,3-7H2,1-2H3/t8-,9+,10-,11?/m1/s1. The molecule has 0 aromatic rings. The molecule has 0 aromatic carbocycles. The maximum Gasteiger partial charge on any atom is 0.138 e. The Hall–Kier alpha value is -0.120. The molecule has 0 bridgehead atoms. The fourth-order valence-electron chi connectivity index (χ4n) is 3.39. The first-order valence-corrected chi connectivity index (χ1v) is 5.83. The predicted octanol–water partition coefficient (Wildman–Crippen LogP) is 1.10. The van der Waals surface area contributed by atoms with Gasteiger partial charge in [0.25, 0.3) is 0 Å². The molecule has 1 saturated carbocycles. The molecule has 0 amide bonds. The van der Waals surface area contributed by atoms with E-state index < -0.39 is 0 Å². The molecule has 1 unspecified atom stereocenters. The van der Waals surface area contributed by atoms with Gasteiger partial charge < -0.3 is 4.74 Å². The Kier molecular flexibility index (Phi) is 2.08. The number of hydrogen-bond acceptors (Lipinski definition) is 3. The molecule has 2 saturated heterocycles. The van der Waals surface area contributed by atoms with Gasteiger partial charge >= 0.3 is 0 Å². The van der Waals surface area contributed by atoms with Crippen LogP contribution in [-0.2, 0) is 4.74 Å². The maximum atomic E-state index is 5.79. The van der Waals surface area contributed by atoms with Crippen LogP contribution in [0.1, 0.15) is 25.7 Å². The minimum atomic E-state index is 0.436. The van der Waals surface area contributed by atoms with Gasteiger partial charge in [-0.15, -0.1) is 0 Å². The van der Waals surface area contributed by atoms with Crippen molar-refractivity contribution < 1.29 is 4.74 Å². The molecule has 0 radical (unpaired) electrons. The highest BCUT2D eigenvalue weighted by molar-refractivity contribution is 4.99. The first-order chi connectivity index (χ1) is 6.77. The molecule has 14 heavy (non-hydrogen) atoms. The molecule has 3 heteroatoms. The van der Waals surface area contributed by atoms with E-state index in [1.54, 1.807) is 0 Å². The van der Waals surface area contributed by atoms with Crippen LogP contribution in [0.15, 0.2) is 0 Å². The van der Waals surface area contributed by atoms with Crippen LogP contribution in [0.4, 0.5) is 0 Å². The summed E-state index contributed by atoms with van der Waals surface area (Å²) in [6.45, 7) is 1.07. The van der Waals surface area contributed by atoms with Gasteiger partial charge in [-0.05, 0) is 26.9 Å². The highest BCUT2D eigenvalue weighted by Crippen LogP contribution is 2.43. The van der Waals surface area contributed by atoms with Crippen LogP contribution < -0.4 is 0 Å². The second kappa shape index (κ2) is 3.19. The molecular formula is C11H20N2O. The molecule has 2 aliphatic heterocycles. The zero-order chi connectivity index (χ0) is 9.71. The molecular weight excluding hydrogens is 176 g/mol. The monoisotopic (exact) mass is 196 g/mol. The highest BCUT2D eigenvalue weighted by Gasteiger charge is 2.53. The molecule has 1 aliphatic carbocycles. The van der Waals surface area contributed by atoms with Gasteiger partial charge in [-0.3, -0.25) is 9.80 Å². The Morgan fingerprint density at radius 1 is 1.07 bits per heavy atom. The summed E-state index contributed by atoms with van der Waals surface area (Å²) in [5.41, 5.74) is 0. The molecule has 3 rings (SSSR count). The summed E-state index contributed by atoms with van der Waals surface area (Å²) < 4.78 is 5.79. The second-order valence-corrected chi connectivity index (χ2v) is 5.16. The summed E-state index contributed by atoms with van der Waals surface area (Å²) in [7, 11) is 4.45. The lowest BCUT2D eigenvalue weighted by Gasteiger charge is -2.36. The smallest absolute Gasteiger partial charge is 0.138 e. The zero-order valence-corrected chi connectivity index (χ0v) is 9.15. The summed E-state index contributed by atoms with van der Waals surface area (Å²) in [5, 5.41) is 0. The summed E-state index contributed by atoms with van der Waals surface area (Å²) >= 11 is 0. The summed E-state index contributed by atoms with van der Waals surface area (Å²) in [5.74, 6) is 0.809. The number of likely N-dealkylation sites (N-methyl/N-ethyl adjacent to an activating group) is 1. The fraction of sp³-hybridized carbons (Fsp3) is 1.00. The van der Waals surface area contributed by atoms with Gasteiger partial charge in [-0.1, -0.05) is 12.8 Å². The van der Waals surface area contributed by atoms with Gasteiger partial charge in [-0.2, -0.15) is 0 Å². The number of fused-ring (bicyclic) bond motifs is 3. The van der Waals surface area contributed by atoms with E-state index in [9.17, 15) is 0 Å². The van der Waals surface area contributed by atoms with Crippen LogP contribution in [0.2, 0.25) is 0 Å². The lowest BCUT2D eigenvalue weighted by Crippen LogP contribution is -2.43. The first-order valence-electron chi connectivity index (χ1n) is 5.83. The molecule has 0 spiro atoms. The molecule has 3 fully saturated rings. The zero-order valence-electron chi connectivity index (χ0n) is 9.15. The minimum absolute atomic E-state index is 0.436. The van der Waals surface area contributed by atoms with Crippen molar-refractivity contribution in [2.75, 3.05) is 20.8 Å². The predicted molar refractivity (Wildman–Crippen MR) is 54.8 cm³/mol. The summed E-state index contributed by atoms with van der Waals surface area (Å²) in [6.07, 6.45) is 6.56.